The molecular weight excluding hydrogens is 853 g/mol. The fourth-order valence-electron chi connectivity index (χ4n) is 8.05. The lowest BCUT2D eigenvalue weighted by atomic mass is 10.1. The van der Waals surface area contributed by atoms with E-state index in [-0.39, 0.29) is 0 Å². The topological polar surface area (TPSA) is 172 Å². The summed E-state index contributed by atoms with van der Waals surface area (Å²) < 4.78 is 21.2. The first-order valence-corrected chi connectivity index (χ1v) is 22.4. The van der Waals surface area contributed by atoms with Crippen LogP contribution in [0.5, 0.6) is 17.2 Å². The zero-order valence-corrected chi connectivity index (χ0v) is 38.3. The molecule has 0 unspecified atom stereocenters. The number of aromatic nitrogens is 12. The number of rotatable bonds is 16. The van der Waals surface area contributed by atoms with Crippen LogP contribution in [0.1, 0.15) is 24.5 Å². The fourth-order valence-corrected chi connectivity index (χ4v) is 8.05. The van der Waals surface area contributed by atoms with Gasteiger partial charge in [0, 0.05) is 64.0 Å². The standard InChI is InChI=1S/C53H48N12O3/c1-6-64-52(56-48(62-64)35-19-23-41(66-4)24-20-35)37-15-11-16-38(29-37)53-57-49(36-21-25-42(67-5)26-22-36)63-65(53)27-12-28-68-43-31-39(46-54-50(60-58-46)44-17-9-7-13-33(44)2)30-40(32-43)47-55-51(61-59-47)45-18-10-8-14-34(45)3/h7-11,13-26,29-32H,6,12,27-28H2,1-5H3,(H,54,58,60)(H,55,59,61). The van der Waals surface area contributed by atoms with E-state index in [4.69, 9.17) is 44.3 Å². The molecule has 0 atom stereocenters. The second kappa shape index (κ2) is 19.0. The van der Waals surface area contributed by atoms with Crippen molar-refractivity contribution in [3.63, 3.8) is 0 Å². The van der Waals surface area contributed by atoms with Gasteiger partial charge >= 0.3 is 0 Å². The highest BCUT2D eigenvalue weighted by molar-refractivity contribution is 5.73. The highest BCUT2D eigenvalue weighted by atomic mass is 16.5. The Morgan fingerprint density at radius 2 is 0.956 bits per heavy atom. The number of nitrogens with zero attached hydrogens (tertiary/aromatic N) is 10. The molecule has 0 aliphatic carbocycles. The molecule has 0 bridgehead atoms. The molecule has 338 valence electrons. The largest absolute Gasteiger partial charge is 0.497 e. The third kappa shape index (κ3) is 8.96. The summed E-state index contributed by atoms with van der Waals surface area (Å²) in [6, 6.07) is 45.8. The Kier molecular flexibility index (Phi) is 12.1. The van der Waals surface area contributed by atoms with Gasteiger partial charge in [0.2, 0.25) is 0 Å². The normalized spacial score (nSPS) is 11.2. The molecule has 15 heteroatoms. The lowest BCUT2D eigenvalue weighted by Crippen LogP contribution is -2.08. The van der Waals surface area contributed by atoms with E-state index in [0.29, 0.717) is 72.6 Å². The van der Waals surface area contributed by atoms with Gasteiger partial charge in [0.1, 0.15) is 17.2 Å². The molecule has 68 heavy (non-hydrogen) atoms. The summed E-state index contributed by atoms with van der Waals surface area (Å²) in [5.41, 5.74) is 9.23. The lowest BCUT2D eigenvalue weighted by molar-refractivity contribution is 0.299. The Morgan fingerprint density at radius 3 is 1.46 bits per heavy atom. The second-order valence-corrected chi connectivity index (χ2v) is 16.2. The first kappa shape index (κ1) is 43.2. The minimum absolute atomic E-state index is 0.374. The van der Waals surface area contributed by atoms with E-state index in [1.807, 2.05) is 131 Å². The van der Waals surface area contributed by atoms with Crippen LogP contribution in [0.15, 0.2) is 140 Å². The van der Waals surface area contributed by atoms with Crippen molar-refractivity contribution < 1.29 is 14.2 Å². The van der Waals surface area contributed by atoms with Gasteiger partial charge in [0.15, 0.2) is 46.6 Å². The molecule has 4 heterocycles. The molecule has 6 aromatic carbocycles. The number of hydrogen-bond acceptors (Lipinski definition) is 11. The van der Waals surface area contributed by atoms with Gasteiger partial charge in [-0.05, 0) is 105 Å². The number of nitrogens with one attached hydrogen (secondary N) is 2. The monoisotopic (exact) mass is 900 g/mol. The molecule has 0 radical (unpaired) electrons. The average molecular weight is 901 g/mol. The Hall–Kier alpha value is -8.72. The molecule has 10 rings (SSSR count). The van der Waals surface area contributed by atoms with Crippen LogP contribution < -0.4 is 14.2 Å². The van der Waals surface area contributed by atoms with Gasteiger partial charge in [-0.1, -0.05) is 66.7 Å². The number of hydrogen-bond donors (Lipinski definition) is 2. The molecular formula is C53H48N12O3. The predicted molar refractivity (Wildman–Crippen MR) is 262 cm³/mol. The SMILES string of the molecule is CCn1nc(-c2ccc(OC)cc2)nc1-c1cccc(-c2nc(-c3ccc(OC)cc3)nn2CCCOc2cc(-c3n[nH]c(-c4ccccc4C)n3)cc(-c3n[nH]c(-c4ccccc4C)n3)c2)c1. The maximum Gasteiger partial charge on any atom is 0.181 e. The van der Waals surface area contributed by atoms with Crippen molar-refractivity contribution in [3.05, 3.63) is 151 Å². The smallest absolute Gasteiger partial charge is 0.181 e. The molecule has 0 aliphatic heterocycles. The van der Waals surface area contributed by atoms with E-state index in [9.17, 15) is 0 Å². The zero-order valence-electron chi connectivity index (χ0n) is 38.3. The van der Waals surface area contributed by atoms with Crippen LogP contribution in [-0.4, -0.2) is 80.7 Å². The van der Waals surface area contributed by atoms with Crippen molar-refractivity contribution >= 4 is 0 Å². The molecule has 0 spiro atoms. The Balaban J connectivity index is 0.942. The number of benzene rings is 6. The van der Waals surface area contributed by atoms with Gasteiger partial charge in [-0.2, -0.15) is 20.4 Å². The molecule has 0 fully saturated rings. The van der Waals surface area contributed by atoms with Gasteiger partial charge in [-0.25, -0.2) is 29.3 Å². The number of ether oxygens (including phenoxy) is 3. The van der Waals surface area contributed by atoms with E-state index >= 15 is 0 Å². The third-order valence-electron chi connectivity index (χ3n) is 11.7. The van der Waals surface area contributed by atoms with Gasteiger partial charge in [0.25, 0.3) is 0 Å². The fraction of sp³-hybridized carbons (Fsp3) is 0.170. The number of methoxy groups -OCH3 is 2. The van der Waals surface area contributed by atoms with Crippen molar-refractivity contribution in [1.82, 2.24) is 59.9 Å². The van der Waals surface area contributed by atoms with Crippen LogP contribution in [-0.2, 0) is 13.1 Å². The summed E-state index contributed by atoms with van der Waals surface area (Å²) in [5, 5.41) is 25.4. The maximum atomic E-state index is 6.56. The number of H-pyrrole nitrogens is 2. The van der Waals surface area contributed by atoms with Crippen molar-refractivity contribution in [2.24, 2.45) is 0 Å². The van der Waals surface area contributed by atoms with Crippen molar-refractivity contribution in [2.75, 3.05) is 20.8 Å². The van der Waals surface area contributed by atoms with Gasteiger partial charge in [0.05, 0.1) is 20.8 Å². The van der Waals surface area contributed by atoms with Crippen LogP contribution >= 0.6 is 0 Å². The second-order valence-electron chi connectivity index (χ2n) is 16.2. The van der Waals surface area contributed by atoms with E-state index in [1.165, 1.54) is 0 Å². The molecule has 2 N–H and O–H groups in total. The van der Waals surface area contributed by atoms with Crippen molar-refractivity contribution in [1.29, 1.82) is 0 Å². The minimum Gasteiger partial charge on any atom is -0.497 e. The summed E-state index contributed by atoms with van der Waals surface area (Å²) in [7, 11) is 3.30. The van der Waals surface area contributed by atoms with Crippen LogP contribution in [0.4, 0.5) is 0 Å². The summed E-state index contributed by atoms with van der Waals surface area (Å²) >= 11 is 0. The summed E-state index contributed by atoms with van der Waals surface area (Å²) in [6.07, 6.45) is 0.614. The number of aromatic amines is 2. The Labute approximate surface area is 392 Å². The van der Waals surface area contributed by atoms with Crippen LogP contribution in [0.2, 0.25) is 0 Å². The maximum absolute atomic E-state index is 6.56. The molecule has 4 aromatic heterocycles. The summed E-state index contributed by atoms with van der Waals surface area (Å²) in [4.78, 5) is 19.9. The van der Waals surface area contributed by atoms with Gasteiger partial charge in [-0.15, -0.1) is 0 Å². The zero-order chi connectivity index (χ0) is 46.6. The van der Waals surface area contributed by atoms with Crippen LogP contribution in [0.25, 0.3) is 91.1 Å². The van der Waals surface area contributed by atoms with E-state index in [0.717, 1.165) is 73.0 Å². The predicted octanol–water partition coefficient (Wildman–Crippen LogP) is 10.6. The highest BCUT2D eigenvalue weighted by Gasteiger charge is 2.20. The molecule has 0 saturated carbocycles. The molecule has 0 saturated heterocycles. The first-order chi connectivity index (χ1) is 33.3. The third-order valence-corrected chi connectivity index (χ3v) is 11.7. The van der Waals surface area contributed by atoms with E-state index < -0.39 is 0 Å². The number of aryl methyl sites for hydroxylation is 4. The first-order valence-electron chi connectivity index (χ1n) is 22.4. The van der Waals surface area contributed by atoms with Crippen LogP contribution in [0, 0.1) is 13.8 Å². The molecule has 10 aromatic rings. The highest BCUT2D eigenvalue weighted by Crippen LogP contribution is 2.33. The van der Waals surface area contributed by atoms with Crippen molar-refractivity contribution in [2.45, 2.75) is 40.3 Å². The molecule has 0 aliphatic rings. The van der Waals surface area contributed by atoms with E-state index in [2.05, 4.69) is 59.4 Å². The van der Waals surface area contributed by atoms with Crippen molar-refractivity contribution in [3.8, 4) is 108 Å². The lowest BCUT2D eigenvalue weighted by Gasteiger charge is -2.11. The molecule has 15 nitrogen and oxygen atoms in total. The summed E-state index contributed by atoms with van der Waals surface area (Å²) in [5.74, 6) is 7.27. The minimum atomic E-state index is 0.374. The van der Waals surface area contributed by atoms with E-state index in [1.54, 1.807) is 14.2 Å². The molecule has 0 amide bonds. The summed E-state index contributed by atoms with van der Waals surface area (Å²) in [6.45, 7) is 7.70. The Bertz CT molecular complexity index is 3250. The van der Waals surface area contributed by atoms with Gasteiger partial charge < -0.3 is 14.2 Å². The quantitative estimate of drug-likeness (QED) is 0.0884. The Morgan fingerprint density at radius 1 is 0.471 bits per heavy atom. The average Bonchev–Trinajstić information content (AvgIpc) is 4.23. The van der Waals surface area contributed by atoms with Crippen LogP contribution in [0.3, 0.4) is 0 Å². The van der Waals surface area contributed by atoms with Gasteiger partial charge in [-0.3, -0.25) is 10.2 Å².